The van der Waals surface area contributed by atoms with Gasteiger partial charge in [-0.2, -0.15) is 0 Å². The molecule has 122 valence electrons. The van der Waals surface area contributed by atoms with E-state index in [4.69, 9.17) is 0 Å². The molecule has 1 aromatic carbocycles. The minimum Gasteiger partial charge on any atom is -0.351 e. The third kappa shape index (κ3) is 3.83. The fourth-order valence-corrected chi connectivity index (χ4v) is 2.77. The van der Waals surface area contributed by atoms with E-state index >= 15 is 0 Å². The zero-order valence-corrected chi connectivity index (χ0v) is 13.3. The maximum Gasteiger partial charge on any atom is 0.223 e. The molecule has 3 unspecified atom stereocenters. The van der Waals surface area contributed by atoms with Gasteiger partial charge >= 0.3 is 0 Å². The molecule has 0 saturated carbocycles. The van der Waals surface area contributed by atoms with Crippen molar-refractivity contribution in [3.8, 4) is 0 Å². The molecule has 0 radical (unpaired) electrons. The zero-order chi connectivity index (χ0) is 16.3. The number of rotatable bonds is 4. The smallest absolute Gasteiger partial charge is 0.223 e. The molecule has 1 saturated heterocycles. The Hall–Kier alpha value is -1.49. The number of carbonyl (C=O) groups excluding carboxylic acids is 1. The van der Waals surface area contributed by atoms with Crippen molar-refractivity contribution in [2.45, 2.75) is 39.2 Å². The van der Waals surface area contributed by atoms with Crippen molar-refractivity contribution in [3.05, 3.63) is 35.4 Å². The Morgan fingerprint density at radius 2 is 2.00 bits per heavy atom. The van der Waals surface area contributed by atoms with Crippen molar-refractivity contribution >= 4 is 5.91 Å². The van der Waals surface area contributed by atoms with Crippen LogP contribution in [0.15, 0.2) is 18.2 Å². The largest absolute Gasteiger partial charge is 0.351 e. The quantitative estimate of drug-likeness (QED) is 0.898. The van der Waals surface area contributed by atoms with Crippen molar-refractivity contribution in [2.24, 2.45) is 11.8 Å². The van der Waals surface area contributed by atoms with E-state index in [0.717, 1.165) is 24.6 Å². The zero-order valence-electron chi connectivity index (χ0n) is 13.3. The summed E-state index contributed by atoms with van der Waals surface area (Å²) in [5, 5.41) is 6.32. The molecule has 2 rings (SSSR count). The van der Waals surface area contributed by atoms with E-state index in [-0.39, 0.29) is 29.7 Å². The minimum absolute atomic E-state index is 0.000313. The Balaban J connectivity index is 2.14. The number of hydrogen-bond acceptors (Lipinski definition) is 2. The van der Waals surface area contributed by atoms with Crippen LogP contribution in [0.4, 0.5) is 8.78 Å². The van der Waals surface area contributed by atoms with E-state index in [1.807, 2.05) is 20.8 Å². The molecular formula is C17H24F2N2O. The molecule has 3 atom stereocenters. The number of amides is 1. The highest BCUT2D eigenvalue weighted by Crippen LogP contribution is 2.27. The molecule has 1 amide bonds. The molecule has 1 fully saturated rings. The van der Waals surface area contributed by atoms with Gasteiger partial charge in [-0.15, -0.1) is 0 Å². The number of nitrogens with one attached hydrogen (secondary N) is 2. The second kappa shape index (κ2) is 7.18. The molecule has 1 aliphatic heterocycles. The Bertz CT molecular complexity index is 533. The van der Waals surface area contributed by atoms with Gasteiger partial charge < -0.3 is 10.6 Å². The standard InChI is InChI=1S/C17H24F2N2O/c1-10(2)11(3)17(22)21-16-9-20-7-6-13(16)12-4-5-14(18)15(19)8-12/h4-5,8,10-11,13,16,20H,6-7,9H2,1-3H3,(H,21,22). The van der Waals surface area contributed by atoms with E-state index in [9.17, 15) is 13.6 Å². The van der Waals surface area contributed by atoms with Crippen LogP contribution in [-0.2, 0) is 4.79 Å². The SMILES string of the molecule is CC(C)C(C)C(=O)NC1CNCCC1c1ccc(F)c(F)c1. The summed E-state index contributed by atoms with van der Waals surface area (Å²) in [4.78, 5) is 12.3. The van der Waals surface area contributed by atoms with Crippen LogP contribution < -0.4 is 10.6 Å². The van der Waals surface area contributed by atoms with Crippen LogP contribution >= 0.6 is 0 Å². The Morgan fingerprint density at radius 1 is 1.27 bits per heavy atom. The molecule has 3 nitrogen and oxygen atoms in total. The molecular weight excluding hydrogens is 286 g/mol. The van der Waals surface area contributed by atoms with E-state index in [1.54, 1.807) is 6.07 Å². The highest BCUT2D eigenvalue weighted by molar-refractivity contribution is 5.79. The molecule has 1 heterocycles. The van der Waals surface area contributed by atoms with Gasteiger partial charge in [0.05, 0.1) is 0 Å². The van der Waals surface area contributed by atoms with Gasteiger partial charge in [0.1, 0.15) is 0 Å². The van der Waals surface area contributed by atoms with Crippen LogP contribution in [0, 0.1) is 23.5 Å². The van der Waals surface area contributed by atoms with E-state index < -0.39 is 11.6 Å². The van der Waals surface area contributed by atoms with Crippen LogP contribution in [0.25, 0.3) is 0 Å². The van der Waals surface area contributed by atoms with Crippen molar-refractivity contribution in [2.75, 3.05) is 13.1 Å². The second-order valence-electron chi connectivity index (χ2n) is 6.42. The molecule has 1 aliphatic rings. The van der Waals surface area contributed by atoms with E-state index in [1.165, 1.54) is 6.07 Å². The average Bonchev–Trinajstić information content (AvgIpc) is 2.49. The van der Waals surface area contributed by atoms with Crippen LogP contribution in [-0.4, -0.2) is 25.0 Å². The van der Waals surface area contributed by atoms with Crippen molar-refractivity contribution in [3.63, 3.8) is 0 Å². The first-order valence-electron chi connectivity index (χ1n) is 7.86. The maximum absolute atomic E-state index is 13.5. The Kier molecular flexibility index (Phi) is 5.51. The molecule has 5 heteroatoms. The normalized spacial score (nSPS) is 23.4. The average molecular weight is 310 g/mol. The van der Waals surface area contributed by atoms with Crippen LogP contribution in [0.1, 0.15) is 38.7 Å². The van der Waals surface area contributed by atoms with Gasteiger partial charge in [0.2, 0.25) is 5.91 Å². The lowest BCUT2D eigenvalue weighted by atomic mass is 9.85. The number of halogens is 2. The highest BCUT2D eigenvalue weighted by Gasteiger charge is 2.30. The number of piperidine rings is 1. The predicted molar refractivity (Wildman–Crippen MR) is 82.5 cm³/mol. The fraction of sp³-hybridized carbons (Fsp3) is 0.588. The van der Waals surface area contributed by atoms with Gasteiger partial charge in [-0.3, -0.25) is 4.79 Å². The van der Waals surface area contributed by atoms with E-state index in [0.29, 0.717) is 6.54 Å². The van der Waals surface area contributed by atoms with Crippen LogP contribution in [0.2, 0.25) is 0 Å². The molecule has 0 aromatic heterocycles. The second-order valence-corrected chi connectivity index (χ2v) is 6.42. The summed E-state index contributed by atoms with van der Waals surface area (Å²) in [7, 11) is 0. The van der Waals surface area contributed by atoms with Crippen LogP contribution in [0.3, 0.4) is 0 Å². The van der Waals surface area contributed by atoms with Crippen molar-refractivity contribution in [1.82, 2.24) is 10.6 Å². The monoisotopic (exact) mass is 310 g/mol. The number of hydrogen-bond donors (Lipinski definition) is 2. The van der Waals surface area contributed by atoms with Gasteiger partial charge in [-0.1, -0.05) is 26.8 Å². The van der Waals surface area contributed by atoms with Gasteiger partial charge in [0.15, 0.2) is 11.6 Å². The summed E-state index contributed by atoms with van der Waals surface area (Å²) in [5.74, 6) is -1.48. The molecule has 1 aromatic rings. The lowest BCUT2D eigenvalue weighted by Crippen LogP contribution is -2.51. The van der Waals surface area contributed by atoms with E-state index in [2.05, 4.69) is 10.6 Å². The van der Waals surface area contributed by atoms with Gasteiger partial charge in [0, 0.05) is 24.4 Å². The summed E-state index contributed by atoms with van der Waals surface area (Å²) in [6.07, 6.45) is 0.784. The maximum atomic E-state index is 13.5. The van der Waals surface area contributed by atoms with Gasteiger partial charge in [0.25, 0.3) is 0 Å². The third-order valence-corrected chi connectivity index (χ3v) is 4.60. The first kappa shape index (κ1) is 16.9. The summed E-state index contributed by atoms with van der Waals surface area (Å²) >= 11 is 0. The topological polar surface area (TPSA) is 41.1 Å². The third-order valence-electron chi connectivity index (χ3n) is 4.60. The fourth-order valence-electron chi connectivity index (χ4n) is 2.77. The summed E-state index contributed by atoms with van der Waals surface area (Å²) < 4.78 is 26.6. The Labute approximate surface area is 130 Å². The Morgan fingerprint density at radius 3 is 2.64 bits per heavy atom. The van der Waals surface area contributed by atoms with Gasteiger partial charge in [-0.25, -0.2) is 8.78 Å². The molecule has 0 spiro atoms. The lowest BCUT2D eigenvalue weighted by Gasteiger charge is -2.34. The van der Waals surface area contributed by atoms with Crippen molar-refractivity contribution in [1.29, 1.82) is 0 Å². The summed E-state index contributed by atoms with van der Waals surface area (Å²) in [6, 6.07) is 3.91. The molecule has 0 bridgehead atoms. The lowest BCUT2D eigenvalue weighted by molar-refractivity contribution is -0.126. The molecule has 2 N–H and O–H groups in total. The number of carbonyl (C=O) groups is 1. The summed E-state index contributed by atoms with van der Waals surface area (Å²) in [5.41, 5.74) is 0.739. The molecule has 0 aliphatic carbocycles. The predicted octanol–water partition coefficient (Wildman–Crippen LogP) is 2.82. The van der Waals surface area contributed by atoms with Crippen molar-refractivity contribution < 1.29 is 13.6 Å². The van der Waals surface area contributed by atoms with Gasteiger partial charge in [-0.05, 0) is 36.6 Å². The molecule has 22 heavy (non-hydrogen) atoms. The van der Waals surface area contributed by atoms with Crippen LogP contribution in [0.5, 0.6) is 0 Å². The first-order valence-corrected chi connectivity index (χ1v) is 7.86. The number of benzene rings is 1. The highest BCUT2D eigenvalue weighted by atomic mass is 19.2. The minimum atomic E-state index is -0.841. The summed E-state index contributed by atoms with van der Waals surface area (Å²) in [6.45, 7) is 7.37. The first-order chi connectivity index (χ1) is 10.4.